The molecule has 0 aliphatic heterocycles. The van der Waals surface area contributed by atoms with Gasteiger partial charge >= 0.3 is 0 Å². The van der Waals surface area contributed by atoms with Crippen LogP contribution >= 0.6 is 11.8 Å². The monoisotopic (exact) mass is 427 g/mol. The molecule has 7 nitrogen and oxygen atoms in total. The number of benzene rings is 2. The molecule has 4 aromatic rings. The number of H-pyrrole nitrogens is 1. The highest BCUT2D eigenvalue weighted by atomic mass is 32.2. The van der Waals surface area contributed by atoms with E-state index in [0.29, 0.717) is 5.69 Å². The highest BCUT2D eigenvalue weighted by molar-refractivity contribution is 7.99. The first-order chi connectivity index (χ1) is 14.4. The fraction of sp³-hybridized carbons (Fsp3) is 0.100. The number of anilines is 1. The van der Waals surface area contributed by atoms with E-state index in [1.807, 2.05) is 19.1 Å². The number of aryl methyl sites for hydroxylation is 1. The third kappa shape index (κ3) is 3.94. The van der Waals surface area contributed by atoms with Crippen LogP contribution in [0.3, 0.4) is 0 Å². The number of halogens is 2. The van der Waals surface area contributed by atoms with Crippen LogP contribution in [0, 0.1) is 18.6 Å². The maximum absolute atomic E-state index is 13.8. The molecule has 0 fully saturated rings. The van der Waals surface area contributed by atoms with Gasteiger partial charge in [0.05, 0.1) is 17.6 Å². The molecule has 2 aromatic heterocycles. The maximum Gasteiger partial charge on any atom is 0.269 e. The van der Waals surface area contributed by atoms with Gasteiger partial charge in [0.15, 0.2) is 22.4 Å². The standard InChI is InChI=1S/C20H15F2N5O2S/c1-11-2-4-12(5-3-11)24-17(28)10-30-20-25-18-14(9-23-26-18)19(29)27(20)13-6-7-15(21)16(22)8-13/h2-9H,10H2,1H3,(H,23,26)(H,24,28). The molecule has 10 heteroatoms. The van der Waals surface area contributed by atoms with Crippen LogP contribution in [0.2, 0.25) is 0 Å². The van der Waals surface area contributed by atoms with Crippen LogP contribution in [0.15, 0.2) is 58.6 Å². The van der Waals surface area contributed by atoms with Crippen molar-refractivity contribution in [3.05, 3.63) is 76.2 Å². The van der Waals surface area contributed by atoms with Gasteiger partial charge in [-0.2, -0.15) is 5.10 Å². The summed E-state index contributed by atoms with van der Waals surface area (Å²) < 4.78 is 28.2. The number of thioether (sulfide) groups is 1. The molecule has 0 aliphatic carbocycles. The van der Waals surface area contributed by atoms with Crippen LogP contribution in [0.5, 0.6) is 0 Å². The summed E-state index contributed by atoms with van der Waals surface area (Å²) in [4.78, 5) is 29.6. The van der Waals surface area contributed by atoms with Crippen molar-refractivity contribution in [2.24, 2.45) is 0 Å². The van der Waals surface area contributed by atoms with Gasteiger partial charge in [0.2, 0.25) is 5.91 Å². The molecule has 152 valence electrons. The second-order valence-electron chi connectivity index (χ2n) is 6.47. The van der Waals surface area contributed by atoms with Gasteiger partial charge in [-0.3, -0.25) is 19.3 Å². The molecular formula is C20H15F2N5O2S. The fourth-order valence-electron chi connectivity index (χ4n) is 2.79. The van der Waals surface area contributed by atoms with Gasteiger partial charge in [0.1, 0.15) is 5.39 Å². The van der Waals surface area contributed by atoms with E-state index in [2.05, 4.69) is 20.5 Å². The molecule has 30 heavy (non-hydrogen) atoms. The van der Waals surface area contributed by atoms with E-state index < -0.39 is 17.2 Å². The highest BCUT2D eigenvalue weighted by Crippen LogP contribution is 2.22. The molecule has 0 atom stereocenters. The molecule has 0 unspecified atom stereocenters. The molecule has 0 spiro atoms. The van der Waals surface area contributed by atoms with E-state index in [0.717, 1.165) is 34.0 Å². The van der Waals surface area contributed by atoms with E-state index >= 15 is 0 Å². The Morgan fingerprint density at radius 2 is 1.93 bits per heavy atom. The van der Waals surface area contributed by atoms with Crippen molar-refractivity contribution in [1.82, 2.24) is 19.7 Å². The maximum atomic E-state index is 13.8. The van der Waals surface area contributed by atoms with Gasteiger partial charge in [-0.15, -0.1) is 0 Å². The number of aromatic nitrogens is 4. The summed E-state index contributed by atoms with van der Waals surface area (Å²) in [5.41, 5.74) is 1.52. The van der Waals surface area contributed by atoms with E-state index in [-0.39, 0.29) is 33.5 Å². The third-order valence-electron chi connectivity index (χ3n) is 4.28. The lowest BCUT2D eigenvalue weighted by Crippen LogP contribution is -2.22. The number of amides is 1. The van der Waals surface area contributed by atoms with Gasteiger partial charge in [0.25, 0.3) is 5.56 Å². The first-order valence-corrected chi connectivity index (χ1v) is 9.82. The number of rotatable bonds is 5. The van der Waals surface area contributed by atoms with Crippen molar-refractivity contribution in [1.29, 1.82) is 0 Å². The minimum Gasteiger partial charge on any atom is -0.325 e. The summed E-state index contributed by atoms with van der Waals surface area (Å²) in [5.74, 6) is -2.49. The predicted octanol–water partition coefficient (Wildman–Crippen LogP) is 3.43. The Hall–Kier alpha value is -3.53. The number of aromatic amines is 1. The van der Waals surface area contributed by atoms with Crippen molar-refractivity contribution >= 4 is 34.4 Å². The molecule has 2 aromatic carbocycles. The van der Waals surface area contributed by atoms with Crippen LogP contribution in [-0.4, -0.2) is 31.4 Å². The van der Waals surface area contributed by atoms with Crippen molar-refractivity contribution in [2.75, 3.05) is 11.1 Å². The second kappa shape index (κ2) is 8.07. The van der Waals surface area contributed by atoms with Gasteiger partial charge in [-0.25, -0.2) is 13.8 Å². The third-order valence-corrected chi connectivity index (χ3v) is 5.22. The lowest BCUT2D eigenvalue weighted by Gasteiger charge is -2.12. The Morgan fingerprint density at radius 1 is 1.17 bits per heavy atom. The molecular weight excluding hydrogens is 412 g/mol. The van der Waals surface area contributed by atoms with Crippen LogP contribution in [0.1, 0.15) is 5.56 Å². The van der Waals surface area contributed by atoms with Crippen LogP contribution in [0.25, 0.3) is 16.7 Å². The summed E-state index contributed by atoms with van der Waals surface area (Å²) in [6.07, 6.45) is 1.31. The number of fused-ring (bicyclic) bond motifs is 1. The first kappa shape index (κ1) is 19.8. The SMILES string of the molecule is Cc1ccc(NC(=O)CSc2nc3[nH]ncc3c(=O)n2-c2ccc(F)c(F)c2)cc1. The Kier molecular flexibility index (Phi) is 5.32. The molecule has 0 radical (unpaired) electrons. The normalized spacial score (nSPS) is 11.0. The van der Waals surface area contributed by atoms with Crippen molar-refractivity contribution in [3.63, 3.8) is 0 Å². The Balaban J connectivity index is 1.65. The van der Waals surface area contributed by atoms with Crippen LogP contribution < -0.4 is 10.9 Å². The minimum absolute atomic E-state index is 0.0519. The number of carbonyl (C=O) groups excluding carboxylic acids is 1. The molecule has 0 saturated carbocycles. The predicted molar refractivity (Wildman–Crippen MR) is 110 cm³/mol. The van der Waals surface area contributed by atoms with E-state index in [4.69, 9.17) is 0 Å². The average molecular weight is 427 g/mol. The lowest BCUT2D eigenvalue weighted by molar-refractivity contribution is -0.113. The zero-order valence-corrected chi connectivity index (χ0v) is 16.5. The molecule has 0 aliphatic rings. The Labute approximate surface area is 173 Å². The molecule has 4 rings (SSSR count). The van der Waals surface area contributed by atoms with Crippen molar-refractivity contribution in [2.45, 2.75) is 12.1 Å². The zero-order chi connectivity index (χ0) is 21.3. The largest absolute Gasteiger partial charge is 0.325 e. The number of carbonyl (C=O) groups is 1. The van der Waals surface area contributed by atoms with Crippen LogP contribution in [0.4, 0.5) is 14.5 Å². The molecule has 1 amide bonds. The summed E-state index contributed by atoms with van der Waals surface area (Å²) in [6, 6.07) is 10.4. The Morgan fingerprint density at radius 3 is 2.67 bits per heavy atom. The minimum atomic E-state index is -1.10. The fourth-order valence-corrected chi connectivity index (χ4v) is 3.59. The first-order valence-electron chi connectivity index (χ1n) is 8.83. The summed E-state index contributed by atoms with van der Waals surface area (Å²) >= 11 is 0.991. The highest BCUT2D eigenvalue weighted by Gasteiger charge is 2.17. The van der Waals surface area contributed by atoms with E-state index in [9.17, 15) is 18.4 Å². The summed E-state index contributed by atoms with van der Waals surface area (Å²) in [5, 5.41) is 9.50. The zero-order valence-electron chi connectivity index (χ0n) is 15.6. The molecule has 0 saturated heterocycles. The van der Waals surface area contributed by atoms with Crippen molar-refractivity contribution < 1.29 is 13.6 Å². The van der Waals surface area contributed by atoms with Gasteiger partial charge in [-0.1, -0.05) is 29.5 Å². The molecule has 0 bridgehead atoms. The summed E-state index contributed by atoms with van der Waals surface area (Å²) in [6.45, 7) is 1.94. The van der Waals surface area contributed by atoms with Crippen molar-refractivity contribution in [3.8, 4) is 5.69 Å². The molecule has 2 heterocycles. The quantitative estimate of drug-likeness (QED) is 0.376. The number of nitrogens with zero attached hydrogens (tertiary/aromatic N) is 3. The molecule has 2 N–H and O–H groups in total. The number of hydrogen-bond acceptors (Lipinski definition) is 5. The average Bonchev–Trinajstić information content (AvgIpc) is 3.19. The Bertz CT molecular complexity index is 1300. The second-order valence-corrected chi connectivity index (χ2v) is 7.41. The van der Waals surface area contributed by atoms with E-state index in [1.165, 1.54) is 12.3 Å². The summed E-state index contributed by atoms with van der Waals surface area (Å²) in [7, 11) is 0. The van der Waals surface area contributed by atoms with Gasteiger partial charge < -0.3 is 5.32 Å². The number of nitrogens with one attached hydrogen (secondary N) is 2. The van der Waals surface area contributed by atoms with Gasteiger partial charge in [0, 0.05) is 11.8 Å². The topological polar surface area (TPSA) is 92.7 Å². The number of hydrogen-bond donors (Lipinski definition) is 2. The van der Waals surface area contributed by atoms with E-state index in [1.54, 1.807) is 12.1 Å². The van der Waals surface area contributed by atoms with Gasteiger partial charge in [-0.05, 0) is 31.2 Å². The smallest absolute Gasteiger partial charge is 0.269 e. The lowest BCUT2D eigenvalue weighted by atomic mass is 10.2. The van der Waals surface area contributed by atoms with Crippen LogP contribution in [-0.2, 0) is 4.79 Å².